The number of fused-ring (bicyclic) bond motifs is 2. The fraction of sp³-hybridized carbons (Fsp3) is 0.944. The summed E-state index contributed by atoms with van der Waals surface area (Å²) in [6.45, 7) is 0. The molecule has 4 aliphatic rings. The highest BCUT2D eigenvalue weighted by Gasteiger charge is 2.62. The van der Waals surface area contributed by atoms with Gasteiger partial charge in [-0.05, 0) is 64.2 Å². The summed E-state index contributed by atoms with van der Waals surface area (Å²) in [4.78, 5) is 10.5. The van der Waals surface area contributed by atoms with E-state index in [9.17, 15) is 5.26 Å². The minimum Gasteiger partial charge on any atom is -0.284 e. The molecule has 2 spiro atoms. The molecule has 0 amide bonds. The minimum atomic E-state index is -0.547. The molecule has 4 rings (SSSR count). The van der Waals surface area contributed by atoms with Crippen molar-refractivity contribution in [2.75, 3.05) is 0 Å². The molecule has 4 nitrogen and oxygen atoms in total. The first-order chi connectivity index (χ1) is 10.7. The summed E-state index contributed by atoms with van der Waals surface area (Å²) in [6, 6.07) is 0. The molecule has 3 saturated carbocycles. The van der Waals surface area contributed by atoms with Crippen molar-refractivity contribution in [3.63, 3.8) is 0 Å². The molecule has 2 N–H and O–H groups in total. The molecular weight excluding hydrogens is 276 g/mol. The van der Waals surface area contributed by atoms with Crippen molar-refractivity contribution in [3.8, 4) is 0 Å². The van der Waals surface area contributed by atoms with Crippen LogP contribution in [0.15, 0.2) is 4.99 Å². The average Bonchev–Trinajstić information content (AvgIpc) is 2.56. The SMILES string of the molecule is OOC12CCCCC1=NC1(CCCCC1)NC21CCCCC1. The van der Waals surface area contributed by atoms with E-state index in [4.69, 9.17) is 9.88 Å². The Balaban J connectivity index is 1.79. The van der Waals surface area contributed by atoms with Crippen molar-refractivity contribution in [2.24, 2.45) is 4.99 Å². The van der Waals surface area contributed by atoms with Gasteiger partial charge in [-0.15, -0.1) is 0 Å². The van der Waals surface area contributed by atoms with Gasteiger partial charge in [-0.1, -0.05) is 25.7 Å². The van der Waals surface area contributed by atoms with E-state index in [0.29, 0.717) is 0 Å². The van der Waals surface area contributed by atoms with Gasteiger partial charge in [0.15, 0.2) is 5.60 Å². The molecule has 3 aliphatic carbocycles. The van der Waals surface area contributed by atoms with Gasteiger partial charge in [0.2, 0.25) is 0 Å². The van der Waals surface area contributed by atoms with E-state index in [1.165, 1.54) is 50.7 Å². The Hall–Kier alpha value is -0.450. The molecule has 3 fully saturated rings. The van der Waals surface area contributed by atoms with Gasteiger partial charge >= 0.3 is 0 Å². The van der Waals surface area contributed by atoms with Crippen LogP contribution in [0.25, 0.3) is 0 Å². The molecule has 0 aromatic rings. The summed E-state index contributed by atoms with van der Waals surface area (Å²) in [5, 5.41) is 14.0. The molecule has 1 atom stereocenters. The first kappa shape index (κ1) is 15.1. The second-order valence-corrected chi connectivity index (χ2v) is 8.04. The molecule has 0 radical (unpaired) electrons. The Bertz CT molecular complexity index is 450. The highest BCUT2D eigenvalue weighted by Crippen LogP contribution is 2.51. The van der Waals surface area contributed by atoms with Gasteiger partial charge in [0.05, 0.1) is 11.3 Å². The molecule has 1 heterocycles. The Morgan fingerprint density at radius 2 is 1.45 bits per heavy atom. The third-order valence-corrected chi connectivity index (χ3v) is 6.80. The van der Waals surface area contributed by atoms with E-state index < -0.39 is 5.60 Å². The molecule has 22 heavy (non-hydrogen) atoms. The Morgan fingerprint density at radius 3 is 2.14 bits per heavy atom. The molecule has 0 aromatic carbocycles. The lowest BCUT2D eigenvalue weighted by Gasteiger charge is -2.60. The smallest absolute Gasteiger partial charge is 0.159 e. The van der Waals surface area contributed by atoms with E-state index in [-0.39, 0.29) is 11.2 Å². The summed E-state index contributed by atoms with van der Waals surface area (Å²) < 4.78 is 0. The van der Waals surface area contributed by atoms with Crippen LogP contribution >= 0.6 is 0 Å². The molecule has 0 aromatic heterocycles. The van der Waals surface area contributed by atoms with Crippen molar-refractivity contribution in [3.05, 3.63) is 0 Å². The van der Waals surface area contributed by atoms with Gasteiger partial charge in [-0.3, -0.25) is 15.6 Å². The van der Waals surface area contributed by atoms with Crippen LogP contribution in [0, 0.1) is 0 Å². The summed E-state index contributed by atoms with van der Waals surface area (Å²) in [6.07, 6.45) is 16.5. The van der Waals surface area contributed by atoms with E-state index in [2.05, 4.69) is 5.32 Å². The molecule has 4 heteroatoms. The van der Waals surface area contributed by atoms with Crippen LogP contribution in [-0.2, 0) is 4.89 Å². The van der Waals surface area contributed by atoms with E-state index in [1.54, 1.807) is 0 Å². The van der Waals surface area contributed by atoms with Gasteiger partial charge in [0.25, 0.3) is 0 Å². The van der Waals surface area contributed by atoms with E-state index >= 15 is 0 Å². The maximum atomic E-state index is 9.96. The molecular formula is C18H30N2O2. The number of nitrogens with zero attached hydrogens (tertiary/aromatic N) is 1. The van der Waals surface area contributed by atoms with Gasteiger partial charge in [-0.2, -0.15) is 0 Å². The molecule has 1 unspecified atom stereocenters. The third-order valence-electron chi connectivity index (χ3n) is 6.80. The zero-order valence-corrected chi connectivity index (χ0v) is 13.7. The lowest BCUT2D eigenvalue weighted by Crippen LogP contribution is -2.76. The molecule has 0 bridgehead atoms. The van der Waals surface area contributed by atoms with E-state index in [0.717, 1.165) is 44.9 Å². The van der Waals surface area contributed by atoms with Crippen molar-refractivity contribution < 1.29 is 10.1 Å². The third kappa shape index (κ3) is 2.10. The van der Waals surface area contributed by atoms with Crippen molar-refractivity contribution in [1.29, 1.82) is 0 Å². The second-order valence-electron chi connectivity index (χ2n) is 8.04. The van der Waals surface area contributed by atoms with Gasteiger partial charge in [0.1, 0.15) is 5.66 Å². The zero-order valence-electron chi connectivity index (χ0n) is 13.7. The van der Waals surface area contributed by atoms with Crippen LogP contribution in [-0.4, -0.2) is 27.8 Å². The van der Waals surface area contributed by atoms with Gasteiger partial charge in [-0.25, -0.2) is 4.89 Å². The fourth-order valence-electron chi connectivity index (χ4n) is 5.75. The average molecular weight is 306 g/mol. The highest BCUT2D eigenvalue weighted by atomic mass is 17.1. The monoisotopic (exact) mass is 306 g/mol. The van der Waals surface area contributed by atoms with Crippen LogP contribution in [0.2, 0.25) is 0 Å². The lowest BCUT2D eigenvalue weighted by atomic mass is 9.61. The number of nitrogens with one attached hydrogen (secondary N) is 1. The van der Waals surface area contributed by atoms with Gasteiger partial charge < -0.3 is 0 Å². The maximum absolute atomic E-state index is 9.96. The lowest BCUT2D eigenvalue weighted by molar-refractivity contribution is -0.330. The maximum Gasteiger partial charge on any atom is 0.159 e. The number of hydrogen-bond donors (Lipinski definition) is 2. The molecule has 124 valence electrons. The fourth-order valence-corrected chi connectivity index (χ4v) is 5.75. The summed E-state index contributed by atoms with van der Waals surface area (Å²) in [5.74, 6) is 0. The normalized spacial score (nSPS) is 36.9. The number of hydrogen-bond acceptors (Lipinski definition) is 4. The first-order valence-electron chi connectivity index (χ1n) is 9.46. The second kappa shape index (κ2) is 5.57. The minimum absolute atomic E-state index is 0.0652. The summed E-state index contributed by atoms with van der Waals surface area (Å²) in [5.41, 5.74) is 0.469. The Labute approximate surface area is 133 Å². The quantitative estimate of drug-likeness (QED) is 0.564. The first-order valence-corrected chi connectivity index (χ1v) is 9.46. The summed E-state index contributed by atoms with van der Waals surface area (Å²) >= 11 is 0. The summed E-state index contributed by atoms with van der Waals surface area (Å²) in [7, 11) is 0. The predicted molar refractivity (Wildman–Crippen MR) is 87.1 cm³/mol. The van der Waals surface area contributed by atoms with Crippen LogP contribution in [0.4, 0.5) is 0 Å². The molecule has 1 aliphatic heterocycles. The zero-order chi connectivity index (χ0) is 15.1. The molecule has 0 saturated heterocycles. The topological polar surface area (TPSA) is 53.9 Å². The van der Waals surface area contributed by atoms with E-state index in [1.807, 2.05) is 0 Å². The van der Waals surface area contributed by atoms with Crippen LogP contribution in [0.5, 0.6) is 0 Å². The standard InChI is InChI=1S/C18H30N2O2/c21-22-18-14-8-3-9-15(18)19-17(12-6-2-7-13-17)20-16(18)10-4-1-5-11-16/h20-21H,1-14H2. The predicted octanol–water partition coefficient (Wildman–Crippen LogP) is 4.20. The largest absolute Gasteiger partial charge is 0.284 e. The van der Waals surface area contributed by atoms with Gasteiger partial charge in [0, 0.05) is 0 Å². The number of rotatable bonds is 1. The van der Waals surface area contributed by atoms with Crippen LogP contribution in [0.1, 0.15) is 89.9 Å². The number of aliphatic imine (C=N–C) groups is 1. The van der Waals surface area contributed by atoms with Crippen LogP contribution in [0.3, 0.4) is 0 Å². The Kier molecular flexibility index (Phi) is 3.82. The van der Waals surface area contributed by atoms with Crippen molar-refractivity contribution >= 4 is 5.71 Å². The van der Waals surface area contributed by atoms with Crippen LogP contribution < -0.4 is 5.32 Å². The Morgan fingerprint density at radius 1 is 0.818 bits per heavy atom. The highest BCUT2D eigenvalue weighted by molar-refractivity contribution is 5.96. The van der Waals surface area contributed by atoms with Crippen molar-refractivity contribution in [1.82, 2.24) is 5.32 Å². The van der Waals surface area contributed by atoms with Crippen molar-refractivity contribution in [2.45, 2.75) is 107 Å².